The summed E-state index contributed by atoms with van der Waals surface area (Å²) in [6, 6.07) is 52.7. The largest absolute Gasteiger partial charge is 0.456 e. The van der Waals surface area contributed by atoms with Gasteiger partial charge >= 0.3 is 0 Å². The summed E-state index contributed by atoms with van der Waals surface area (Å²) in [6.07, 6.45) is -0.544. The summed E-state index contributed by atoms with van der Waals surface area (Å²) < 4.78 is 19.1. The first-order chi connectivity index (χ1) is 25.2. The smallest absolute Gasteiger partial charge is 0.141 e. The summed E-state index contributed by atoms with van der Waals surface area (Å²) in [7, 11) is 0. The Morgan fingerprint density at radius 1 is 0.353 bits per heavy atom. The molecule has 11 rings (SSSR count). The summed E-state index contributed by atoms with van der Waals surface area (Å²) in [5.41, 5.74) is 10.9. The number of para-hydroxylation sites is 3. The van der Waals surface area contributed by atoms with Crippen molar-refractivity contribution in [1.29, 1.82) is 0 Å². The van der Waals surface area contributed by atoms with Crippen molar-refractivity contribution in [3.8, 4) is 11.1 Å². The first-order valence-electron chi connectivity index (χ1n) is 17.4. The molecule has 4 heterocycles. The van der Waals surface area contributed by atoms with Gasteiger partial charge < -0.3 is 13.3 Å². The Balaban J connectivity index is 1.03. The molecule has 10 aromatic rings. The van der Waals surface area contributed by atoms with Crippen molar-refractivity contribution in [3.05, 3.63) is 168 Å². The molecule has 0 saturated carbocycles. The topological polar surface area (TPSA) is 75.5 Å². The Bertz CT molecular complexity index is 2940. The van der Waals surface area contributed by atoms with Gasteiger partial charge in [0.05, 0.1) is 18.5 Å². The fourth-order valence-electron chi connectivity index (χ4n) is 8.02. The van der Waals surface area contributed by atoms with Crippen LogP contribution in [0.1, 0.15) is 35.2 Å². The summed E-state index contributed by atoms with van der Waals surface area (Å²) in [5.74, 6) is 0. The third-order valence-electron chi connectivity index (χ3n) is 10.4. The number of rotatable bonds is 4. The van der Waals surface area contributed by atoms with Crippen LogP contribution in [0, 0.1) is 0 Å². The highest BCUT2D eigenvalue weighted by Gasteiger charge is 2.32. The fraction of sp³-hybridized carbons (Fsp3) is 0.0667. The van der Waals surface area contributed by atoms with Crippen molar-refractivity contribution >= 4 is 65.8 Å². The molecule has 0 bridgehead atoms. The molecule has 0 radical (unpaired) electrons. The lowest BCUT2D eigenvalue weighted by Gasteiger charge is -2.39. The van der Waals surface area contributed by atoms with E-state index in [0.717, 1.165) is 93.6 Å². The van der Waals surface area contributed by atoms with E-state index in [4.69, 9.17) is 13.3 Å². The summed E-state index contributed by atoms with van der Waals surface area (Å²) in [6.45, 7) is 0. The van der Waals surface area contributed by atoms with E-state index in [1.165, 1.54) is 0 Å². The van der Waals surface area contributed by atoms with E-state index in [-0.39, 0.29) is 18.5 Å². The lowest BCUT2D eigenvalue weighted by molar-refractivity contribution is 0.204. The molecule has 51 heavy (non-hydrogen) atoms. The Morgan fingerprint density at radius 2 is 0.882 bits per heavy atom. The second-order valence-electron chi connectivity index (χ2n) is 13.4. The van der Waals surface area contributed by atoms with Gasteiger partial charge in [0.15, 0.2) is 0 Å². The fourth-order valence-corrected chi connectivity index (χ4v) is 8.02. The van der Waals surface area contributed by atoms with Crippen molar-refractivity contribution in [2.75, 3.05) is 0 Å². The van der Waals surface area contributed by atoms with Gasteiger partial charge in [0, 0.05) is 37.9 Å². The molecule has 1 aliphatic heterocycles. The number of furan rings is 3. The van der Waals surface area contributed by atoms with Crippen LogP contribution in [0.5, 0.6) is 0 Å². The molecular formula is C45H31N3O3. The molecule has 3 atom stereocenters. The van der Waals surface area contributed by atoms with E-state index in [2.05, 4.69) is 137 Å². The zero-order valence-electron chi connectivity index (χ0n) is 27.4. The van der Waals surface area contributed by atoms with Gasteiger partial charge in [-0.1, -0.05) is 109 Å². The van der Waals surface area contributed by atoms with Crippen molar-refractivity contribution in [2.45, 2.75) is 18.5 Å². The average Bonchev–Trinajstić information content (AvgIpc) is 3.88. The van der Waals surface area contributed by atoms with Crippen molar-refractivity contribution < 1.29 is 13.3 Å². The zero-order chi connectivity index (χ0) is 33.5. The minimum Gasteiger partial charge on any atom is -0.456 e. The highest BCUT2D eigenvalue weighted by Crippen LogP contribution is 2.40. The van der Waals surface area contributed by atoms with Gasteiger partial charge in [-0.05, 0) is 64.7 Å². The minimum absolute atomic E-state index is 0.129. The molecule has 7 aromatic carbocycles. The molecule has 0 spiro atoms. The van der Waals surface area contributed by atoms with Gasteiger partial charge in [-0.25, -0.2) is 0 Å². The third kappa shape index (κ3) is 4.55. The maximum atomic E-state index is 6.71. The molecule has 0 amide bonds. The predicted molar refractivity (Wildman–Crippen MR) is 204 cm³/mol. The molecule has 6 nitrogen and oxygen atoms in total. The Labute approximate surface area is 292 Å². The molecule has 3 unspecified atom stereocenters. The monoisotopic (exact) mass is 661 g/mol. The van der Waals surface area contributed by atoms with Gasteiger partial charge in [-0.15, -0.1) is 0 Å². The number of hydrogen-bond acceptors (Lipinski definition) is 6. The Hall–Kier alpha value is -6.18. The van der Waals surface area contributed by atoms with Crippen LogP contribution in [0.4, 0.5) is 0 Å². The van der Waals surface area contributed by atoms with Gasteiger partial charge in [0.25, 0.3) is 0 Å². The van der Waals surface area contributed by atoms with Crippen molar-refractivity contribution in [1.82, 2.24) is 16.0 Å². The third-order valence-corrected chi connectivity index (χ3v) is 10.4. The van der Waals surface area contributed by atoms with Crippen LogP contribution >= 0.6 is 0 Å². The first kappa shape index (κ1) is 28.6. The van der Waals surface area contributed by atoms with Crippen LogP contribution < -0.4 is 16.0 Å². The van der Waals surface area contributed by atoms with Gasteiger partial charge in [-0.2, -0.15) is 0 Å². The maximum absolute atomic E-state index is 6.71. The normalized spacial score (nSPS) is 18.2. The summed E-state index contributed by atoms with van der Waals surface area (Å²) >= 11 is 0. The summed E-state index contributed by atoms with van der Waals surface area (Å²) in [4.78, 5) is 0. The van der Waals surface area contributed by atoms with Crippen molar-refractivity contribution in [2.24, 2.45) is 0 Å². The molecule has 3 N–H and O–H groups in total. The first-order valence-corrected chi connectivity index (χ1v) is 17.4. The van der Waals surface area contributed by atoms with Crippen molar-refractivity contribution in [3.63, 3.8) is 0 Å². The van der Waals surface area contributed by atoms with Crippen LogP contribution in [0.25, 0.3) is 76.9 Å². The second-order valence-corrected chi connectivity index (χ2v) is 13.4. The van der Waals surface area contributed by atoms with Crippen LogP contribution in [-0.2, 0) is 0 Å². The van der Waals surface area contributed by atoms with E-state index < -0.39 is 0 Å². The minimum atomic E-state index is -0.226. The second kappa shape index (κ2) is 11.2. The lowest BCUT2D eigenvalue weighted by Crippen LogP contribution is -2.54. The highest BCUT2D eigenvalue weighted by atomic mass is 16.3. The summed E-state index contributed by atoms with van der Waals surface area (Å²) in [5, 5.41) is 18.2. The molecular weight excluding hydrogens is 631 g/mol. The number of benzene rings is 7. The Kier molecular flexibility index (Phi) is 6.27. The number of nitrogens with one attached hydrogen (secondary N) is 3. The number of fused-ring (bicyclic) bond motifs is 9. The van der Waals surface area contributed by atoms with Crippen LogP contribution in [0.2, 0.25) is 0 Å². The van der Waals surface area contributed by atoms with E-state index in [1.807, 2.05) is 30.3 Å². The van der Waals surface area contributed by atoms with Crippen LogP contribution in [0.15, 0.2) is 165 Å². The SMILES string of the molecule is c1ccc(C2NC(c3cccc4c3oc3ccc(-c5ccc6oc7ccccc7c6c5)cc34)NC(c3cccc4oc5ccccc5c34)N2)cc1. The van der Waals surface area contributed by atoms with Gasteiger partial charge in [-0.3, -0.25) is 16.0 Å². The lowest BCUT2D eigenvalue weighted by atomic mass is 9.99. The van der Waals surface area contributed by atoms with E-state index >= 15 is 0 Å². The van der Waals surface area contributed by atoms with Crippen LogP contribution in [-0.4, -0.2) is 0 Å². The van der Waals surface area contributed by atoms with Crippen LogP contribution in [0.3, 0.4) is 0 Å². The quantitative estimate of drug-likeness (QED) is 0.174. The average molecular weight is 662 g/mol. The molecule has 244 valence electrons. The number of hydrogen-bond donors (Lipinski definition) is 3. The molecule has 1 saturated heterocycles. The Morgan fingerprint density at radius 3 is 1.69 bits per heavy atom. The standard InChI is InChI=1S/C45H31N3O3/c1-2-10-26(11-3-1)43-46-44(32-15-9-19-40-41(32)31-13-5-7-18-37(31)50-40)48-45(47-43)33-16-8-14-30-35-25-28(21-23-39(35)51-42(30)33)27-20-22-38-34(24-27)29-12-4-6-17-36(29)49-38/h1-25,43-48H. The molecule has 1 fully saturated rings. The molecule has 0 aliphatic carbocycles. The molecule has 3 aromatic heterocycles. The predicted octanol–water partition coefficient (Wildman–Crippen LogP) is 11.2. The van der Waals surface area contributed by atoms with Gasteiger partial charge in [0.1, 0.15) is 33.5 Å². The van der Waals surface area contributed by atoms with E-state index in [9.17, 15) is 0 Å². The molecule has 1 aliphatic rings. The maximum Gasteiger partial charge on any atom is 0.141 e. The highest BCUT2D eigenvalue weighted by molar-refractivity contribution is 6.09. The zero-order valence-corrected chi connectivity index (χ0v) is 27.4. The van der Waals surface area contributed by atoms with E-state index in [0.29, 0.717) is 0 Å². The van der Waals surface area contributed by atoms with E-state index in [1.54, 1.807) is 0 Å². The van der Waals surface area contributed by atoms with Gasteiger partial charge in [0.2, 0.25) is 0 Å². The molecule has 6 heteroatoms.